The van der Waals surface area contributed by atoms with Crippen molar-refractivity contribution in [3.05, 3.63) is 42.9 Å². The highest BCUT2D eigenvalue weighted by atomic mass is 19.1. The normalized spacial score (nSPS) is 10.6. The first kappa shape index (κ1) is 9.71. The van der Waals surface area contributed by atoms with Crippen molar-refractivity contribution in [3.63, 3.8) is 0 Å². The van der Waals surface area contributed by atoms with Gasteiger partial charge in [0.1, 0.15) is 5.69 Å². The number of aromatic nitrogens is 5. The van der Waals surface area contributed by atoms with E-state index in [1.54, 1.807) is 30.6 Å². The lowest BCUT2D eigenvalue weighted by atomic mass is 10.1. The molecule has 0 aliphatic carbocycles. The molecule has 84 valence electrons. The molecule has 6 heteroatoms. The minimum absolute atomic E-state index is 0.285. The summed E-state index contributed by atoms with van der Waals surface area (Å²) in [6.45, 7) is 0. The lowest BCUT2D eigenvalue weighted by molar-refractivity contribution is 0.594. The van der Waals surface area contributed by atoms with Crippen molar-refractivity contribution in [2.24, 2.45) is 0 Å². The van der Waals surface area contributed by atoms with Crippen LogP contribution in [0.3, 0.4) is 0 Å². The molecule has 0 radical (unpaired) electrons. The standard InChI is InChI=1S/C11H8FN5/c12-11-10(14-6-15-11)7-1-3-13-9(5-7)8-2-4-16-17-8/h1-6H,(H,14,15)(H,16,17). The van der Waals surface area contributed by atoms with Crippen LogP contribution in [0.25, 0.3) is 22.6 Å². The molecule has 0 amide bonds. The van der Waals surface area contributed by atoms with Crippen LogP contribution >= 0.6 is 0 Å². The number of H-pyrrole nitrogens is 2. The van der Waals surface area contributed by atoms with Crippen molar-refractivity contribution in [1.82, 2.24) is 25.1 Å². The zero-order valence-electron chi connectivity index (χ0n) is 8.68. The summed E-state index contributed by atoms with van der Waals surface area (Å²) in [5.74, 6) is -0.452. The van der Waals surface area contributed by atoms with Gasteiger partial charge < -0.3 is 4.98 Å². The third-order valence-electron chi connectivity index (χ3n) is 2.40. The molecule has 3 heterocycles. The van der Waals surface area contributed by atoms with Gasteiger partial charge in [-0.3, -0.25) is 10.1 Å². The Bertz CT molecular complexity index is 629. The zero-order valence-corrected chi connectivity index (χ0v) is 8.68. The first-order chi connectivity index (χ1) is 8.34. The van der Waals surface area contributed by atoms with E-state index in [2.05, 4.69) is 25.1 Å². The summed E-state index contributed by atoms with van der Waals surface area (Å²) in [5.41, 5.74) is 2.43. The molecule has 0 saturated carbocycles. The number of pyridine rings is 1. The van der Waals surface area contributed by atoms with Crippen LogP contribution in [0.1, 0.15) is 0 Å². The van der Waals surface area contributed by atoms with Crippen LogP contribution in [0.15, 0.2) is 36.9 Å². The van der Waals surface area contributed by atoms with Crippen LogP contribution in [0.5, 0.6) is 0 Å². The van der Waals surface area contributed by atoms with Crippen LogP contribution in [0.4, 0.5) is 4.39 Å². The first-order valence-corrected chi connectivity index (χ1v) is 4.99. The number of nitrogens with one attached hydrogen (secondary N) is 2. The number of hydrogen-bond donors (Lipinski definition) is 2. The molecular weight excluding hydrogens is 221 g/mol. The van der Waals surface area contributed by atoms with E-state index in [0.717, 1.165) is 5.69 Å². The van der Waals surface area contributed by atoms with Gasteiger partial charge in [0.2, 0.25) is 5.95 Å². The van der Waals surface area contributed by atoms with E-state index in [-0.39, 0.29) is 5.69 Å². The maximum absolute atomic E-state index is 13.4. The molecule has 17 heavy (non-hydrogen) atoms. The Balaban J connectivity index is 2.09. The summed E-state index contributed by atoms with van der Waals surface area (Å²) in [4.78, 5) is 10.5. The van der Waals surface area contributed by atoms with Crippen LogP contribution in [-0.2, 0) is 0 Å². The number of nitrogens with zero attached hydrogens (tertiary/aromatic N) is 3. The minimum atomic E-state index is -0.452. The maximum Gasteiger partial charge on any atom is 0.218 e. The predicted octanol–water partition coefficient (Wildman–Crippen LogP) is 2.00. The van der Waals surface area contributed by atoms with Crippen molar-refractivity contribution in [3.8, 4) is 22.6 Å². The molecule has 0 aliphatic heterocycles. The van der Waals surface area contributed by atoms with E-state index in [9.17, 15) is 4.39 Å². The van der Waals surface area contributed by atoms with Gasteiger partial charge in [-0.2, -0.15) is 9.49 Å². The maximum atomic E-state index is 13.4. The second-order valence-electron chi connectivity index (χ2n) is 3.47. The van der Waals surface area contributed by atoms with E-state index in [4.69, 9.17) is 0 Å². The molecule has 0 aromatic carbocycles. The van der Waals surface area contributed by atoms with Crippen LogP contribution in [0.2, 0.25) is 0 Å². The van der Waals surface area contributed by atoms with Crippen LogP contribution in [-0.4, -0.2) is 25.1 Å². The topological polar surface area (TPSA) is 70.2 Å². The number of rotatable bonds is 2. The summed E-state index contributed by atoms with van der Waals surface area (Å²) in [7, 11) is 0. The lowest BCUT2D eigenvalue weighted by Gasteiger charge is -2.00. The highest BCUT2D eigenvalue weighted by Gasteiger charge is 2.09. The minimum Gasteiger partial charge on any atom is -0.321 e. The number of imidazole rings is 1. The lowest BCUT2D eigenvalue weighted by Crippen LogP contribution is -1.87. The molecular formula is C11H8FN5. The molecule has 2 N–H and O–H groups in total. The van der Waals surface area contributed by atoms with Gasteiger partial charge in [-0.15, -0.1) is 0 Å². The molecule has 3 aromatic rings. The van der Waals surface area contributed by atoms with E-state index in [1.165, 1.54) is 6.33 Å². The van der Waals surface area contributed by atoms with Gasteiger partial charge in [0.15, 0.2) is 0 Å². The molecule has 3 rings (SSSR count). The summed E-state index contributed by atoms with van der Waals surface area (Å²) >= 11 is 0. The summed E-state index contributed by atoms with van der Waals surface area (Å²) in [6.07, 6.45) is 4.57. The van der Waals surface area contributed by atoms with Crippen molar-refractivity contribution < 1.29 is 4.39 Å². The van der Waals surface area contributed by atoms with E-state index < -0.39 is 5.95 Å². The van der Waals surface area contributed by atoms with E-state index >= 15 is 0 Å². The first-order valence-electron chi connectivity index (χ1n) is 4.99. The van der Waals surface area contributed by atoms with Gasteiger partial charge in [-0.05, 0) is 18.2 Å². The van der Waals surface area contributed by atoms with Crippen LogP contribution < -0.4 is 0 Å². The van der Waals surface area contributed by atoms with Gasteiger partial charge in [-0.1, -0.05) is 0 Å². The molecule has 0 spiro atoms. The van der Waals surface area contributed by atoms with Gasteiger partial charge in [0, 0.05) is 18.0 Å². The molecule has 0 bridgehead atoms. The second kappa shape index (κ2) is 3.82. The van der Waals surface area contributed by atoms with Crippen molar-refractivity contribution in [2.45, 2.75) is 0 Å². The van der Waals surface area contributed by atoms with Gasteiger partial charge in [-0.25, -0.2) is 4.98 Å². The fourth-order valence-electron chi connectivity index (χ4n) is 1.60. The largest absolute Gasteiger partial charge is 0.321 e. The summed E-state index contributed by atoms with van der Waals surface area (Å²) in [6, 6.07) is 5.26. The highest BCUT2D eigenvalue weighted by molar-refractivity contribution is 5.65. The van der Waals surface area contributed by atoms with Gasteiger partial charge in [0.25, 0.3) is 0 Å². The molecule has 5 nitrogen and oxygen atoms in total. The Morgan fingerprint density at radius 3 is 2.76 bits per heavy atom. The Hall–Kier alpha value is -2.50. The Labute approximate surface area is 95.8 Å². The van der Waals surface area contributed by atoms with Crippen molar-refractivity contribution in [2.75, 3.05) is 0 Å². The van der Waals surface area contributed by atoms with Gasteiger partial charge in [0.05, 0.1) is 17.7 Å². The third-order valence-corrected chi connectivity index (χ3v) is 2.40. The quantitative estimate of drug-likeness (QED) is 0.706. The Morgan fingerprint density at radius 2 is 2.06 bits per heavy atom. The number of hydrogen-bond acceptors (Lipinski definition) is 3. The third kappa shape index (κ3) is 1.69. The molecule has 0 atom stereocenters. The molecule has 0 saturated heterocycles. The summed E-state index contributed by atoms with van der Waals surface area (Å²) < 4.78 is 13.4. The van der Waals surface area contributed by atoms with Gasteiger partial charge >= 0.3 is 0 Å². The van der Waals surface area contributed by atoms with E-state index in [0.29, 0.717) is 11.3 Å². The average Bonchev–Trinajstić information content (AvgIpc) is 2.99. The second-order valence-corrected chi connectivity index (χ2v) is 3.47. The highest BCUT2D eigenvalue weighted by Crippen LogP contribution is 2.23. The smallest absolute Gasteiger partial charge is 0.218 e. The molecule has 0 fully saturated rings. The van der Waals surface area contributed by atoms with Crippen LogP contribution in [0, 0.1) is 5.95 Å². The fourth-order valence-corrected chi connectivity index (χ4v) is 1.60. The Kier molecular flexibility index (Phi) is 2.18. The molecule has 0 aliphatic rings. The summed E-state index contributed by atoms with van der Waals surface area (Å²) in [5, 5.41) is 6.65. The zero-order chi connectivity index (χ0) is 11.7. The average molecular weight is 229 g/mol. The molecule has 0 unspecified atom stereocenters. The van der Waals surface area contributed by atoms with E-state index in [1.807, 2.05) is 0 Å². The Morgan fingerprint density at radius 1 is 1.12 bits per heavy atom. The monoisotopic (exact) mass is 229 g/mol. The predicted molar refractivity (Wildman–Crippen MR) is 59.4 cm³/mol. The number of aromatic amines is 2. The van der Waals surface area contributed by atoms with Crippen molar-refractivity contribution in [1.29, 1.82) is 0 Å². The molecule has 3 aromatic heterocycles. The fraction of sp³-hybridized carbons (Fsp3) is 0. The SMILES string of the molecule is Fc1[nH]cnc1-c1ccnc(-c2ccn[nH]2)c1. The van der Waals surface area contributed by atoms with Crippen molar-refractivity contribution >= 4 is 0 Å². The number of halogens is 1.